The van der Waals surface area contributed by atoms with Crippen LogP contribution in [0.4, 0.5) is 5.82 Å². The quantitative estimate of drug-likeness (QED) is 0.729. The van der Waals surface area contributed by atoms with Crippen LogP contribution < -0.4 is 5.73 Å². The Hall–Kier alpha value is -1.84. The van der Waals surface area contributed by atoms with E-state index in [1.54, 1.807) is 0 Å². The molecular weight excluding hydrogens is 362 g/mol. The van der Waals surface area contributed by atoms with Crippen LogP contribution in [-0.4, -0.2) is 30.2 Å². The Morgan fingerprint density at radius 2 is 1.70 bits per heavy atom. The Morgan fingerprint density at radius 1 is 1.04 bits per heavy atom. The van der Waals surface area contributed by atoms with E-state index in [4.69, 9.17) is 10.7 Å². The summed E-state index contributed by atoms with van der Waals surface area (Å²) in [5.74, 6) is 8.21. The number of imidazole rings is 1. The number of fused-ring (bicyclic) bond motifs is 1. The minimum atomic E-state index is -0.912. The first-order chi connectivity index (χ1) is 12.6. The molecule has 0 saturated heterocycles. The predicted octanol–water partition coefficient (Wildman–Crippen LogP) is 3.46. The van der Waals surface area contributed by atoms with Crippen molar-refractivity contribution < 1.29 is 5.11 Å². The van der Waals surface area contributed by atoms with E-state index in [0.29, 0.717) is 23.1 Å². The van der Waals surface area contributed by atoms with Gasteiger partial charge < -0.3 is 15.4 Å². The van der Waals surface area contributed by atoms with Crippen molar-refractivity contribution in [2.45, 2.75) is 75.7 Å². The van der Waals surface area contributed by atoms with E-state index in [0.717, 1.165) is 37.2 Å². The molecule has 3 N–H and O–H groups in total. The SMILES string of the molecule is Cl.Cn1c(C2CCCCC2)nc2c(N)nc(C#CC3(O)CCCCC3)nc21. The van der Waals surface area contributed by atoms with Crippen molar-refractivity contribution in [1.29, 1.82) is 0 Å². The summed E-state index contributed by atoms with van der Waals surface area (Å²) in [4.78, 5) is 13.7. The monoisotopic (exact) mass is 389 g/mol. The van der Waals surface area contributed by atoms with Gasteiger partial charge in [-0.1, -0.05) is 31.6 Å². The van der Waals surface area contributed by atoms with Gasteiger partial charge >= 0.3 is 0 Å². The Kier molecular flexibility index (Phi) is 5.92. The average molecular weight is 390 g/mol. The predicted molar refractivity (Wildman–Crippen MR) is 109 cm³/mol. The number of aromatic nitrogens is 4. The molecule has 146 valence electrons. The third-order valence-electron chi connectivity index (χ3n) is 5.84. The molecule has 0 aliphatic heterocycles. The highest BCUT2D eigenvalue weighted by Crippen LogP contribution is 2.33. The van der Waals surface area contributed by atoms with Gasteiger partial charge in [0.1, 0.15) is 11.4 Å². The molecular formula is C20H28ClN5O. The van der Waals surface area contributed by atoms with Crippen molar-refractivity contribution >= 4 is 29.4 Å². The lowest BCUT2D eigenvalue weighted by molar-refractivity contribution is 0.0610. The number of nitrogen functional groups attached to an aromatic ring is 1. The van der Waals surface area contributed by atoms with Crippen LogP contribution in [0.2, 0.25) is 0 Å². The van der Waals surface area contributed by atoms with Crippen LogP contribution in [0.25, 0.3) is 11.2 Å². The number of nitrogens with zero attached hydrogens (tertiary/aromatic N) is 4. The summed E-state index contributed by atoms with van der Waals surface area (Å²) in [5.41, 5.74) is 6.64. The first-order valence-electron chi connectivity index (χ1n) is 9.81. The zero-order valence-electron chi connectivity index (χ0n) is 15.9. The fraction of sp³-hybridized carbons (Fsp3) is 0.650. The molecule has 2 saturated carbocycles. The number of hydrogen-bond acceptors (Lipinski definition) is 5. The second-order valence-electron chi connectivity index (χ2n) is 7.81. The molecule has 0 bridgehead atoms. The number of anilines is 1. The molecule has 2 aliphatic carbocycles. The average Bonchev–Trinajstić information content (AvgIpc) is 2.99. The Balaban J connectivity index is 0.00000210. The maximum absolute atomic E-state index is 10.6. The van der Waals surface area contributed by atoms with Crippen molar-refractivity contribution in [2.24, 2.45) is 7.05 Å². The number of halogens is 1. The second kappa shape index (κ2) is 8.04. The first kappa shape index (κ1) is 19.9. The van der Waals surface area contributed by atoms with E-state index < -0.39 is 5.60 Å². The molecule has 7 heteroatoms. The summed E-state index contributed by atoms with van der Waals surface area (Å²) in [6.07, 6.45) is 10.8. The molecule has 2 fully saturated rings. The lowest BCUT2D eigenvalue weighted by Gasteiger charge is -2.26. The highest BCUT2D eigenvalue weighted by molar-refractivity contribution is 5.85. The van der Waals surface area contributed by atoms with E-state index in [2.05, 4.69) is 21.8 Å². The molecule has 0 amide bonds. The maximum Gasteiger partial charge on any atom is 0.209 e. The van der Waals surface area contributed by atoms with E-state index in [-0.39, 0.29) is 12.4 Å². The summed E-state index contributed by atoms with van der Waals surface area (Å²) in [7, 11) is 2.00. The van der Waals surface area contributed by atoms with Gasteiger partial charge in [0.15, 0.2) is 17.0 Å². The van der Waals surface area contributed by atoms with Crippen molar-refractivity contribution in [1.82, 2.24) is 19.5 Å². The van der Waals surface area contributed by atoms with Crippen molar-refractivity contribution in [2.75, 3.05) is 5.73 Å². The van der Waals surface area contributed by atoms with Gasteiger partial charge in [-0.2, -0.15) is 0 Å². The van der Waals surface area contributed by atoms with E-state index in [1.165, 1.54) is 38.5 Å². The van der Waals surface area contributed by atoms with Gasteiger partial charge in [0.25, 0.3) is 0 Å². The molecule has 4 rings (SSSR count). The van der Waals surface area contributed by atoms with E-state index in [9.17, 15) is 5.11 Å². The Labute approximate surface area is 166 Å². The fourth-order valence-electron chi connectivity index (χ4n) is 4.31. The largest absolute Gasteiger partial charge is 0.382 e. The highest BCUT2D eigenvalue weighted by atomic mass is 35.5. The van der Waals surface area contributed by atoms with Gasteiger partial charge in [0.05, 0.1) is 0 Å². The lowest BCUT2D eigenvalue weighted by atomic mass is 9.85. The van der Waals surface area contributed by atoms with Crippen molar-refractivity contribution in [3.63, 3.8) is 0 Å². The summed E-state index contributed by atoms with van der Waals surface area (Å²) < 4.78 is 2.05. The molecule has 0 radical (unpaired) electrons. The summed E-state index contributed by atoms with van der Waals surface area (Å²) >= 11 is 0. The Morgan fingerprint density at radius 3 is 2.41 bits per heavy atom. The second-order valence-corrected chi connectivity index (χ2v) is 7.81. The van der Waals surface area contributed by atoms with Crippen molar-refractivity contribution in [3.8, 4) is 11.8 Å². The first-order valence-corrected chi connectivity index (χ1v) is 9.81. The normalized spacial score (nSPS) is 19.9. The van der Waals surface area contributed by atoms with Gasteiger partial charge in [-0.3, -0.25) is 0 Å². The van der Waals surface area contributed by atoms with Crippen LogP contribution in [0.15, 0.2) is 0 Å². The van der Waals surface area contributed by atoms with Crippen LogP contribution >= 0.6 is 12.4 Å². The number of rotatable bonds is 1. The van der Waals surface area contributed by atoms with Crippen molar-refractivity contribution in [3.05, 3.63) is 11.6 Å². The fourth-order valence-corrected chi connectivity index (χ4v) is 4.31. The smallest absolute Gasteiger partial charge is 0.209 e. The molecule has 0 aromatic carbocycles. The topological polar surface area (TPSA) is 89.9 Å². The zero-order valence-corrected chi connectivity index (χ0v) is 16.7. The van der Waals surface area contributed by atoms with E-state index >= 15 is 0 Å². The summed E-state index contributed by atoms with van der Waals surface area (Å²) in [5, 5.41) is 10.6. The molecule has 2 aromatic heterocycles. The third kappa shape index (κ3) is 4.04. The zero-order chi connectivity index (χ0) is 18.1. The van der Waals surface area contributed by atoms with Crippen LogP contribution in [0.5, 0.6) is 0 Å². The maximum atomic E-state index is 10.6. The molecule has 0 spiro atoms. The molecule has 0 unspecified atom stereocenters. The lowest BCUT2D eigenvalue weighted by Crippen LogP contribution is -2.29. The molecule has 0 atom stereocenters. The van der Waals surface area contributed by atoms with E-state index in [1.807, 2.05) is 11.6 Å². The molecule has 2 aliphatic rings. The number of aliphatic hydroxyl groups is 1. The van der Waals surface area contributed by atoms with Crippen LogP contribution in [0.3, 0.4) is 0 Å². The number of hydrogen-bond donors (Lipinski definition) is 2. The molecule has 6 nitrogen and oxygen atoms in total. The molecule has 27 heavy (non-hydrogen) atoms. The minimum absolute atomic E-state index is 0. The molecule has 2 aromatic rings. The van der Waals surface area contributed by atoms with Gasteiger partial charge in [0.2, 0.25) is 5.82 Å². The number of aryl methyl sites for hydroxylation is 1. The standard InChI is InChI=1S/C20H27N5O.ClH/c1-25-18(14-8-4-2-5-9-14)24-16-17(21)22-15(23-19(16)25)10-13-20(26)11-6-3-7-12-20;/h14,26H,2-9,11-12H2,1H3,(H2,21,22,23);1H. The minimum Gasteiger partial charge on any atom is -0.382 e. The van der Waals surface area contributed by atoms with Gasteiger partial charge in [0, 0.05) is 13.0 Å². The molecule has 2 heterocycles. The van der Waals surface area contributed by atoms with Crippen LogP contribution in [0.1, 0.15) is 81.8 Å². The van der Waals surface area contributed by atoms with Gasteiger partial charge in [-0.15, -0.1) is 12.4 Å². The third-order valence-corrected chi connectivity index (χ3v) is 5.84. The number of nitrogens with two attached hydrogens (primary N) is 1. The van der Waals surface area contributed by atoms with Gasteiger partial charge in [-0.05, 0) is 44.4 Å². The summed E-state index contributed by atoms with van der Waals surface area (Å²) in [6.45, 7) is 0. The summed E-state index contributed by atoms with van der Waals surface area (Å²) in [6, 6.07) is 0. The van der Waals surface area contributed by atoms with Gasteiger partial charge in [-0.25, -0.2) is 15.0 Å². The van der Waals surface area contributed by atoms with Crippen LogP contribution in [-0.2, 0) is 7.05 Å². The Bertz CT molecular complexity index is 870. The highest BCUT2D eigenvalue weighted by Gasteiger charge is 2.27. The van der Waals surface area contributed by atoms with Crippen LogP contribution in [0, 0.1) is 11.8 Å².